The van der Waals surface area contributed by atoms with Gasteiger partial charge in [0.2, 0.25) is 5.91 Å². The van der Waals surface area contributed by atoms with Crippen molar-refractivity contribution in [2.75, 3.05) is 11.9 Å². The maximum Gasteiger partial charge on any atom is 0.359 e. The van der Waals surface area contributed by atoms with Crippen molar-refractivity contribution in [3.8, 4) is 5.69 Å². The van der Waals surface area contributed by atoms with Gasteiger partial charge in [-0.1, -0.05) is 18.9 Å². The van der Waals surface area contributed by atoms with E-state index in [0.717, 1.165) is 47.8 Å². The van der Waals surface area contributed by atoms with Gasteiger partial charge in [-0.25, -0.2) is 9.18 Å². The van der Waals surface area contributed by atoms with Crippen molar-refractivity contribution in [2.24, 2.45) is 5.92 Å². The van der Waals surface area contributed by atoms with Gasteiger partial charge in [0.1, 0.15) is 10.8 Å². The smallest absolute Gasteiger partial charge is 0.359 e. The topological polar surface area (TPSA) is 90.3 Å². The summed E-state index contributed by atoms with van der Waals surface area (Å²) >= 11 is 1.15. The molecule has 1 amide bonds. The SMILES string of the molecule is CCOC(=O)c1nn(-c2cccc(F)c2)c(=O)c2c(NC(=O)CC3CCCC3)scc12. The minimum absolute atomic E-state index is 0.0618. The van der Waals surface area contributed by atoms with Crippen LogP contribution in [0.4, 0.5) is 9.39 Å². The van der Waals surface area contributed by atoms with Crippen molar-refractivity contribution in [3.63, 3.8) is 0 Å². The largest absolute Gasteiger partial charge is 0.461 e. The van der Waals surface area contributed by atoms with E-state index in [0.29, 0.717) is 22.7 Å². The number of halogens is 1. The molecular weight excluding hydrogens is 421 g/mol. The average Bonchev–Trinajstić information content (AvgIpc) is 3.39. The number of carbonyl (C=O) groups is 2. The van der Waals surface area contributed by atoms with Crippen LogP contribution in [0.1, 0.15) is 49.5 Å². The zero-order valence-corrected chi connectivity index (χ0v) is 17.8. The molecule has 9 heteroatoms. The molecule has 0 unspecified atom stereocenters. The van der Waals surface area contributed by atoms with E-state index in [1.807, 2.05) is 0 Å². The molecule has 2 heterocycles. The fourth-order valence-electron chi connectivity index (χ4n) is 3.93. The molecule has 4 rings (SSSR count). The zero-order valence-electron chi connectivity index (χ0n) is 17.0. The predicted octanol–water partition coefficient (Wildman–Crippen LogP) is 4.28. The van der Waals surface area contributed by atoms with Gasteiger partial charge in [0.15, 0.2) is 5.69 Å². The number of aromatic nitrogens is 2. The highest BCUT2D eigenvalue weighted by Gasteiger charge is 2.24. The minimum atomic E-state index is -0.695. The highest BCUT2D eigenvalue weighted by atomic mass is 32.1. The molecule has 2 aromatic heterocycles. The standard InChI is InChI=1S/C22H22FN3O4S/c1-2-30-22(29)19-16-12-31-20(24-17(27)10-13-6-3-4-7-13)18(16)21(28)26(25-19)15-9-5-8-14(23)11-15/h5,8-9,11-13H,2-4,6-7,10H2,1H3,(H,24,27). The number of fused-ring (bicyclic) bond motifs is 1. The highest BCUT2D eigenvalue weighted by molar-refractivity contribution is 7.16. The third-order valence-corrected chi connectivity index (χ3v) is 6.27. The number of thiophene rings is 1. The number of nitrogens with zero attached hydrogens (tertiary/aromatic N) is 2. The van der Waals surface area contributed by atoms with E-state index >= 15 is 0 Å². The van der Waals surface area contributed by atoms with Crippen LogP contribution in [-0.2, 0) is 9.53 Å². The van der Waals surface area contributed by atoms with Crippen molar-refractivity contribution in [1.29, 1.82) is 0 Å². The fraction of sp³-hybridized carbons (Fsp3) is 0.364. The number of amides is 1. The third kappa shape index (κ3) is 4.36. The second-order valence-electron chi connectivity index (χ2n) is 7.52. The first-order valence-electron chi connectivity index (χ1n) is 10.3. The van der Waals surface area contributed by atoms with Gasteiger partial charge in [0, 0.05) is 17.2 Å². The highest BCUT2D eigenvalue weighted by Crippen LogP contribution is 2.32. The van der Waals surface area contributed by atoms with E-state index in [-0.39, 0.29) is 29.3 Å². The fourth-order valence-corrected chi connectivity index (χ4v) is 4.88. The van der Waals surface area contributed by atoms with Gasteiger partial charge in [-0.15, -0.1) is 11.3 Å². The molecule has 0 bridgehead atoms. The molecule has 0 saturated heterocycles. The van der Waals surface area contributed by atoms with Crippen LogP contribution in [0.3, 0.4) is 0 Å². The molecule has 1 aliphatic carbocycles. The molecule has 0 radical (unpaired) electrons. The normalized spacial score (nSPS) is 14.1. The first kappa shape index (κ1) is 21.2. The summed E-state index contributed by atoms with van der Waals surface area (Å²) in [6.45, 7) is 1.80. The zero-order chi connectivity index (χ0) is 22.0. The summed E-state index contributed by atoms with van der Waals surface area (Å²) in [5.41, 5.74) is -0.439. The first-order valence-corrected chi connectivity index (χ1v) is 11.1. The molecule has 0 aliphatic heterocycles. The average molecular weight is 444 g/mol. The number of rotatable bonds is 6. The molecule has 0 spiro atoms. The molecule has 1 N–H and O–H groups in total. The lowest BCUT2D eigenvalue weighted by Gasteiger charge is -2.11. The third-order valence-electron chi connectivity index (χ3n) is 5.38. The van der Waals surface area contributed by atoms with Crippen LogP contribution in [0.25, 0.3) is 16.5 Å². The van der Waals surface area contributed by atoms with Crippen LogP contribution in [0.15, 0.2) is 34.4 Å². The molecule has 31 heavy (non-hydrogen) atoms. The number of benzene rings is 1. The lowest BCUT2D eigenvalue weighted by molar-refractivity contribution is -0.117. The molecule has 3 aromatic rings. The van der Waals surface area contributed by atoms with Crippen LogP contribution in [0.2, 0.25) is 0 Å². The molecular formula is C22H22FN3O4S. The predicted molar refractivity (Wildman–Crippen MR) is 116 cm³/mol. The second-order valence-corrected chi connectivity index (χ2v) is 8.40. The number of carbonyl (C=O) groups excluding carboxylic acids is 2. The summed E-state index contributed by atoms with van der Waals surface area (Å²) in [5.74, 6) is -1.05. The van der Waals surface area contributed by atoms with Gasteiger partial charge < -0.3 is 10.1 Å². The number of anilines is 1. The summed E-state index contributed by atoms with van der Waals surface area (Å²) in [6, 6.07) is 5.37. The van der Waals surface area contributed by atoms with Gasteiger partial charge in [0.25, 0.3) is 5.56 Å². The van der Waals surface area contributed by atoms with Gasteiger partial charge in [-0.3, -0.25) is 9.59 Å². The molecule has 162 valence electrons. The Morgan fingerprint density at radius 2 is 2.10 bits per heavy atom. The molecule has 0 atom stereocenters. The van der Waals surface area contributed by atoms with E-state index in [9.17, 15) is 18.8 Å². The number of hydrogen-bond acceptors (Lipinski definition) is 6. The molecule has 1 aliphatic rings. The Bertz CT molecular complexity index is 1200. The molecule has 1 fully saturated rings. The van der Waals surface area contributed by atoms with Crippen LogP contribution in [-0.4, -0.2) is 28.3 Å². The van der Waals surface area contributed by atoms with Gasteiger partial charge in [-0.05, 0) is 43.9 Å². The monoisotopic (exact) mass is 443 g/mol. The van der Waals surface area contributed by atoms with Crippen molar-refractivity contribution >= 4 is 39.0 Å². The maximum atomic E-state index is 13.8. The van der Waals surface area contributed by atoms with E-state index in [4.69, 9.17) is 4.74 Å². The molecule has 1 aromatic carbocycles. The molecule has 7 nitrogen and oxygen atoms in total. The Hall–Kier alpha value is -3.07. The lowest BCUT2D eigenvalue weighted by Crippen LogP contribution is -2.25. The van der Waals surface area contributed by atoms with Crippen LogP contribution >= 0.6 is 11.3 Å². The van der Waals surface area contributed by atoms with Crippen molar-refractivity contribution < 1.29 is 18.7 Å². The van der Waals surface area contributed by atoms with Gasteiger partial charge >= 0.3 is 5.97 Å². The van der Waals surface area contributed by atoms with Crippen molar-refractivity contribution in [1.82, 2.24) is 9.78 Å². The van der Waals surface area contributed by atoms with E-state index < -0.39 is 17.3 Å². The summed E-state index contributed by atoms with van der Waals surface area (Å²) in [4.78, 5) is 38.4. The van der Waals surface area contributed by atoms with E-state index in [2.05, 4.69) is 10.4 Å². The summed E-state index contributed by atoms with van der Waals surface area (Å²) in [6.07, 6.45) is 4.72. The first-order chi connectivity index (χ1) is 15.0. The van der Waals surface area contributed by atoms with E-state index in [1.165, 1.54) is 18.2 Å². The minimum Gasteiger partial charge on any atom is -0.461 e. The van der Waals surface area contributed by atoms with Crippen LogP contribution in [0, 0.1) is 11.7 Å². The number of ether oxygens (including phenoxy) is 1. The Morgan fingerprint density at radius 1 is 1.32 bits per heavy atom. The summed E-state index contributed by atoms with van der Waals surface area (Å²) in [7, 11) is 0. The maximum absolute atomic E-state index is 13.8. The van der Waals surface area contributed by atoms with Crippen LogP contribution < -0.4 is 10.9 Å². The number of hydrogen-bond donors (Lipinski definition) is 1. The quantitative estimate of drug-likeness (QED) is 0.574. The van der Waals surface area contributed by atoms with E-state index in [1.54, 1.807) is 12.3 Å². The van der Waals surface area contributed by atoms with Crippen molar-refractivity contribution in [2.45, 2.75) is 39.0 Å². The summed E-state index contributed by atoms with van der Waals surface area (Å²) < 4.78 is 19.8. The number of nitrogens with one attached hydrogen (secondary N) is 1. The van der Waals surface area contributed by atoms with Gasteiger partial charge in [-0.2, -0.15) is 9.78 Å². The van der Waals surface area contributed by atoms with Crippen LogP contribution in [0.5, 0.6) is 0 Å². The molecule has 1 saturated carbocycles. The Morgan fingerprint density at radius 3 is 2.81 bits per heavy atom. The van der Waals surface area contributed by atoms with Gasteiger partial charge in [0.05, 0.1) is 17.7 Å². The lowest BCUT2D eigenvalue weighted by atomic mass is 10.0. The van der Waals surface area contributed by atoms with Crippen molar-refractivity contribution in [3.05, 3.63) is 51.5 Å². The Labute approximate surface area is 181 Å². The Balaban J connectivity index is 1.80. The summed E-state index contributed by atoms with van der Waals surface area (Å²) in [5, 5.41) is 9.41. The second kappa shape index (κ2) is 8.97. The Kier molecular flexibility index (Phi) is 6.13. The number of esters is 1.